The predicted octanol–water partition coefficient (Wildman–Crippen LogP) is 3.91. The smallest absolute Gasteiger partial charge is 0.228 e. The standard InChI is InChI=1S/C22H25N3OS/c1-24-16-18(20-7-2-3-8-21(20)24)14-22(26)23-19-6-4-5-17(13-19)15-25-9-11-27-12-10-25/h2-8,13,16H,9-12,14-15H2,1H3,(H,23,26). The molecular weight excluding hydrogens is 354 g/mol. The van der Waals surface area contributed by atoms with E-state index in [4.69, 9.17) is 0 Å². The molecule has 2 heterocycles. The quantitative estimate of drug-likeness (QED) is 0.730. The van der Waals surface area contributed by atoms with E-state index in [-0.39, 0.29) is 5.91 Å². The highest BCUT2D eigenvalue weighted by Crippen LogP contribution is 2.21. The molecule has 4 rings (SSSR count). The van der Waals surface area contributed by atoms with Gasteiger partial charge in [-0.3, -0.25) is 9.69 Å². The molecule has 0 spiro atoms. The van der Waals surface area contributed by atoms with E-state index in [1.54, 1.807) is 0 Å². The molecular formula is C22H25N3OS. The lowest BCUT2D eigenvalue weighted by molar-refractivity contribution is -0.115. The molecule has 2 aromatic carbocycles. The first kappa shape index (κ1) is 18.1. The number of hydrogen-bond donors (Lipinski definition) is 1. The second-order valence-electron chi connectivity index (χ2n) is 7.10. The van der Waals surface area contributed by atoms with E-state index in [1.165, 1.54) is 17.1 Å². The minimum atomic E-state index is 0.0258. The number of hydrogen-bond acceptors (Lipinski definition) is 3. The molecule has 140 valence electrons. The number of nitrogens with one attached hydrogen (secondary N) is 1. The van der Waals surface area contributed by atoms with Crippen LogP contribution in [-0.2, 0) is 24.8 Å². The van der Waals surface area contributed by atoms with Gasteiger partial charge in [0, 0.05) is 61.0 Å². The van der Waals surface area contributed by atoms with E-state index in [0.717, 1.165) is 41.8 Å². The van der Waals surface area contributed by atoms with E-state index in [9.17, 15) is 4.79 Å². The summed E-state index contributed by atoms with van der Waals surface area (Å²) in [6.07, 6.45) is 2.43. The van der Waals surface area contributed by atoms with Crippen LogP contribution in [0, 0.1) is 0 Å². The van der Waals surface area contributed by atoms with E-state index < -0.39 is 0 Å². The van der Waals surface area contributed by atoms with Crippen LogP contribution in [0.3, 0.4) is 0 Å². The summed E-state index contributed by atoms with van der Waals surface area (Å²) in [5, 5.41) is 4.22. The molecule has 0 aliphatic carbocycles. The van der Waals surface area contributed by atoms with Crippen LogP contribution in [0.4, 0.5) is 5.69 Å². The number of fused-ring (bicyclic) bond motifs is 1. The average molecular weight is 380 g/mol. The fourth-order valence-electron chi connectivity index (χ4n) is 3.71. The monoisotopic (exact) mass is 379 g/mol. The summed E-state index contributed by atoms with van der Waals surface area (Å²) in [5.74, 6) is 2.45. The van der Waals surface area contributed by atoms with Crippen molar-refractivity contribution in [3.63, 3.8) is 0 Å². The fourth-order valence-corrected chi connectivity index (χ4v) is 4.69. The Bertz CT molecular complexity index is 944. The van der Waals surface area contributed by atoms with Gasteiger partial charge in [-0.05, 0) is 29.3 Å². The van der Waals surface area contributed by atoms with Crippen molar-refractivity contribution in [2.45, 2.75) is 13.0 Å². The first-order valence-electron chi connectivity index (χ1n) is 9.41. The zero-order valence-corrected chi connectivity index (χ0v) is 16.5. The number of aromatic nitrogens is 1. The molecule has 4 nitrogen and oxygen atoms in total. The lowest BCUT2D eigenvalue weighted by Crippen LogP contribution is -2.31. The van der Waals surface area contributed by atoms with Gasteiger partial charge < -0.3 is 9.88 Å². The molecule has 0 saturated carbocycles. The molecule has 1 aromatic heterocycles. The maximum atomic E-state index is 12.6. The van der Waals surface area contributed by atoms with Gasteiger partial charge in [-0.2, -0.15) is 11.8 Å². The molecule has 5 heteroatoms. The van der Waals surface area contributed by atoms with Crippen molar-refractivity contribution in [1.29, 1.82) is 0 Å². The number of benzene rings is 2. The number of anilines is 1. The Labute approximate surface area is 164 Å². The van der Waals surface area contributed by atoms with Gasteiger partial charge in [0.1, 0.15) is 0 Å². The Morgan fingerprint density at radius 2 is 1.93 bits per heavy atom. The molecule has 1 amide bonds. The Kier molecular flexibility index (Phi) is 5.50. The largest absolute Gasteiger partial charge is 0.350 e. The molecule has 1 aliphatic rings. The van der Waals surface area contributed by atoms with E-state index in [1.807, 2.05) is 43.1 Å². The van der Waals surface area contributed by atoms with Crippen molar-refractivity contribution in [3.8, 4) is 0 Å². The highest BCUT2D eigenvalue weighted by molar-refractivity contribution is 7.99. The van der Waals surface area contributed by atoms with Gasteiger partial charge in [0.25, 0.3) is 0 Å². The van der Waals surface area contributed by atoms with Gasteiger partial charge in [0.15, 0.2) is 0 Å². The summed E-state index contributed by atoms with van der Waals surface area (Å²) in [4.78, 5) is 15.1. The lowest BCUT2D eigenvalue weighted by atomic mass is 10.1. The van der Waals surface area contributed by atoms with Gasteiger partial charge in [-0.15, -0.1) is 0 Å². The first-order chi connectivity index (χ1) is 13.2. The van der Waals surface area contributed by atoms with Crippen LogP contribution < -0.4 is 5.32 Å². The lowest BCUT2D eigenvalue weighted by Gasteiger charge is -2.26. The minimum Gasteiger partial charge on any atom is -0.350 e. The van der Waals surface area contributed by atoms with Crippen LogP contribution in [0.1, 0.15) is 11.1 Å². The van der Waals surface area contributed by atoms with Crippen molar-refractivity contribution in [3.05, 3.63) is 65.9 Å². The maximum Gasteiger partial charge on any atom is 0.228 e. The van der Waals surface area contributed by atoms with Crippen LogP contribution in [0.15, 0.2) is 54.7 Å². The normalized spacial score (nSPS) is 15.1. The Balaban J connectivity index is 1.42. The van der Waals surface area contributed by atoms with Crippen LogP contribution in [0.2, 0.25) is 0 Å². The molecule has 0 atom stereocenters. The highest BCUT2D eigenvalue weighted by Gasteiger charge is 2.13. The Hall–Kier alpha value is -2.24. The second kappa shape index (κ2) is 8.19. The van der Waals surface area contributed by atoms with Crippen molar-refractivity contribution in [2.24, 2.45) is 7.05 Å². The van der Waals surface area contributed by atoms with Crippen molar-refractivity contribution < 1.29 is 4.79 Å². The number of thioether (sulfide) groups is 1. The number of rotatable bonds is 5. The number of para-hydroxylation sites is 1. The summed E-state index contributed by atoms with van der Waals surface area (Å²) in [5.41, 5.74) is 4.35. The number of carbonyl (C=O) groups is 1. The third kappa shape index (κ3) is 4.37. The number of carbonyl (C=O) groups excluding carboxylic acids is 1. The molecule has 1 N–H and O–H groups in total. The first-order valence-corrected chi connectivity index (χ1v) is 10.6. The van der Waals surface area contributed by atoms with Crippen molar-refractivity contribution in [1.82, 2.24) is 9.47 Å². The SMILES string of the molecule is Cn1cc(CC(=O)Nc2cccc(CN3CCSCC3)c2)c2ccccc21. The van der Waals surface area contributed by atoms with Crippen molar-refractivity contribution in [2.75, 3.05) is 29.9 Å². The van der Waals surface area contributed by atoms with Gasteiger partial charge in [-0.25, -0.2) is 0 Å². The summed E-state index contributed by atoms with van der Waals surface area (Å²) >= 11 is 2.02. The molecule has 0 bridgehead atoms. The molecule has 0 unspecified atom stereocenters. The van der Waals surface area contributed by atoms with E-state index in [2.05, 4.69) is 45.2 Å². The molecule has 27 heavy (non-hydrogen) atoms. The van der Waals surface area contributed by atoms with E-state index >= 15 is 0 Å². The molecule has 3 aromatic rings. The van der Waals surface area contributed by atoms with Crippen LogP contribution in [0.25, 0.3) is 10.9 Å². The summed E-state index contributed by atoms with van der Waals surface area (Å²) in [6, 6.07) is 16.4. The molecule has 1 fully saturated rings. The molecule has 0 radical (unpaired) electrons. The average Bonchev–Trinajstić information content (AvgIpc) is 2.99. The molecule has 1 saturated heterocycles. The third-order valence-corrected chi connectivity index (χ3v) is 5.99. The van der Waals surface area contributed by atoms with Crippen molar-refractivity contribution >= 4 is 34.3 Å². The van der Waals surface area contributed by atoms with Crippen LogP contribution >= 0.6 is 11.8 Å². The second-order valence-corrected chi connectivity index (χ2v) is 8.32. The van der Waals surface area contributed by atoms with Gasteiger partial charge in [0.2, 0.25) is 5.91 Å². The summed E-state index contributed by atoms with van der Waals surface area (Å²) in [7, 11) is 2.02. The van der Waals surface area contributed by atoms with Gasteiger partial charge >= 0.3 is 0 Å². The van der Waals surface area contributed by atoms with Gasteiger partial charge in [0.05, 0.1) is 6.42 Å². The Morgan fingerprint density at radius 1 is 1.11 bits per heavy atom. The van der Waals surface area contributed by atoms with Crippen LogP contribution in [0.5, 0.6) is 0 Å². The van der Waals surface area contributed by atoms with Crippen LogP contribution in [-0.4, -0.2) is 40.0 Å². The van der Waals surface area contributed by atoms with Gasteiger partial charge in [-0.1, -0.05) is 30.3 Å². The minimum absolute atomic E-state index is 0.0258. The fraction of sp³-hybridized carbons (Fsp3) is 0.318. The topological polar surface area (TPSA) is 37.3 Å². The third-order valence-electron chi connectivity index (χ3n) is 5.05. The highest BCUT2D eigenvalue weighted by atomic mass is 32.2. The maximum absolute atomic E-state index is 12.6. The summed E-state index contributed by atoms with van der Waals surface area (Å²) in [6.45, 7) is 3.23. The number of amides is 1. The Morgan fingerprint density at radius 3 is 2.78 bits per heavy atom. The zero-order valence-electron chi connectivity index (χ0n) is 15.6. The number of aryl methyl sites for hydroxylation is 1. The zero-order chi connectivity index (χ0) is 18.6. The molecule has 1 aliphatic heterocycles. The van der Waals surface area contributed by atoms with E-state index in [0.29, 0.717) is 6.42 Å². The number of nitrogens with zero attached hydrogens (tertiary/aromatic N) is 2. The predicted molar refractivity (Wildman–Crippen MR) is 114 cm³/mol. The summed E-state index contributed by atoms with van der Waals surface area (Å²) < 4.78 is 2.08.